The molecule has 0 saturated carbocycles. The van der Waals surface area contributed by atoms with Gasteiger partial charge in [0.25, 0.3) is 0 Å². The van der Waals surface area contributed by atoms with Crippen molar-refractivity contribution in [3.8, 4) is 0 Å². The molecule has 5 N–H and O–H groups in total. The summed E-state index contributed by atoms with van der Waals surface area (Å²) in [6.07, 6.45) is 9.76. The van der Waals surface area contributed by atoms with Crippen molar-refractivity contribution in [3.63, 3.8) is 0 Å². The van der Waals surface area contributed by atoms with Crippen LogP contribution in [-0.2, 0) is 9.59 Å². The maximum absolute atomic E-state index is 12.3. The first kappa shape index (κ1) is 27.9. The first-order chi connectivity index (χ1) is 12.7. The van der Waals surface area contributed by atoms with Crippen LogP contribution in [0.25, 0.3) is 0 Å². The summed E-state index contributed by atoms with van der Waals surface area (Å²) < 4.78 is 0. The smallest absolute Gasteiger partial charge is 0.326 e. The summed E-state index contributed by atoms with van der Waals surface area (Å²) in [6.45, 7) is 8.54. The van der Waals surface area contributed by atoms with Gasteiger partial charge in [0.2, 0.25) is 5.91 Å². The minimum Gasteiger partial charge on any atom is -0.480 e. The fourth-order valence-electron chi connectivity index (χ4n) is 2.08. The van der Waals surface area contributed by atoms with Crippen LogP contribution in [0.3, 0.4) is 0 Å². The molecule has 0 rings (SSSR count). The molecule has 0 saturated heterocycles. The van der Waals surface area contributed by atoms with Crippen LogP contribution in [-0.4, -0.2) is 48.4 Å². The van der Waals surface area contributed by atoms with E-state index in [0.717, 1.165) is 0 Å². The van der Waals surface area contributed by atoms with Gasteiger partial charge >= 0.3 is 5.97 Å². The van der Waals surface area contributed by atoms with E-state index in [9.17, 15) is 14.7 Å². The molecule has 0 aromatic rings. The van der Waals surface area contributed by atoms with Gasteiger partial charge in [0.05, 0.1) is 5.92 Å². The molecule has 0 fully saturated rings. The monoisotopic (exact) mass is 401 g/mol. The average Bonchev–Trinajstić information content (AvgIpc) is 2.59. The van der Waals surface area contributed by atoms with Crippen LogP contribution in [0.4, 0.5) is 0 Å². The molecule has 0 aromatic carbocycles. The van der Waals surface area contributed by atoms with Gasteiger partial charge in [-0.15, -0.1) is 0 Å². The number of rotatable bonds is 12. The second-order valence-corrected chi connectivity index (χ2v) is 7.20. The Kier molecular flexibility index (Phi) is 18.7. The van der Waals surface area contributed by atoms with Crippen molar-refractivity contribution in [2.24, 2.45) is 17.6 Å². The third-order valence-corrected chi connectivity index (χ3v) is 3.74. The van der Waals surface area contributed by atoms with E-state index in [1.165, 1.54) is 6.42 Å². The number of hydrogen-bond acceptors (Lipinski definition) is 5. The Bertz CT molecular complexity index is 454. The molecular formula is C20H39N3O3S. The molecule has 27 heavy (non-hydrogen) atoms. The first-order valence-electron chi connectivity index (χ1n) is 9.60. The van der Waals surface area contributed by atoms with Gasteiger partial charge in [-0.3, -0.25) is 4.79 Å². The van der Waals surface area contributed by atoms with Crippen LogP contribution in [0.5, 0.6) is 0 Å². The number of nitrogens with one attached hydrogen (secondary N) is 2. The number of carbonyl (C=O) groups excluding carboxylic acids is 1. The predicted molar refractivity (Wildman–Crippen MR) is 117 cm³/mol. The Morgan fingerprint density at radius 3 is 2.19 bits per heavy atom. The SMILES string of the molecule is CCC.CNCC(/C=C\C/C=C/C(N)CS)C(=O)NC(CC(C)C)C(=O)O. The lowest BCUT2D eigenvalue weighted by atomic mass is 10.0. The fourth-order valence-corrected chi connectivity index (χ4v) is 2.20. The zero-order valence-electron chi connectivity index (χ0n) is 17.4. The quantitative estimate of drug-likeness (QED) is 0.255. The summed E-state index contributed by atoms with van der Waals surface area (Å²) in [5.74, 6) is -0.948. The minimum absolute atomic E-state index is 0.0782. The number of allylic oxidation sites excluding steroid dienone is 2. The van der Waals surface area contributed by atoms with E-state index >= 15 is 0 Å². The molecule has 3 atom stereocenters. The molecule has 0 heterocycles. The van der Waals surface area contributed by atoms with Crippen molar-refractivity contribution >= 4 is 24.5 Å². The summed E-state index contributed by atoms with van der Waals surface area (Å²) in [7, 11) is 1.75. The normalized spacial score (nSPS) is 14.7. The van der Waals surface area contributed by atoms with Crippen LogP contribution in [0.1, 0.15) is 47.0 Å². The number of amides is 1. The van der Waals surface area contributed by atoms with Crippen molar-refractivity contribution in [3.05, 3.63) is 24.3 Å². The zero-order chi connectivity index (χ0) is 21.2. The molecule has 0 aromatic heterocycles. The second kappa shape index (κ2) is 18.1. The van der Waals surface area contributed by atoms with Gasteiger partial charge in [0.15, 0.2) is 0 Å². The number of carbonyl (C=O) groups is 2. The van der Waals surface area contributed by atoms with E-state index in [1.54, 1.807) is 13.1 Å². The van der Waals surface area contributed by atoms with Gasteiger partial charge in [-0.05, 0) is 25.8 Å². The lowest BCUT2D eigenvalue weighted by Gasteiger charge is -2.19. The highest BCUT2D eigenvalue weighted by molar-refractivity contribution is 7.80. The Morgan fingerprint density at radius 1 is 1.19 bits per heavy atom. The molecule has 3 unspecified atom stereocenters. The van der Waals surface area contributed by atoms with Crippen molar-refractivity contribution in [2.75, 3.05) is 19.3 Å². The van der Waals surface area contributed by atoms with Crippen molar-refractivity contribution < 1.29 is 14.7 Å². The number of carboxylic acids is 1. The van der Waals surface area contributed by atoms with Gasteiger partial charge in [0.1, 0.15) is 6.04 Å². The van der Waals surface area contributed by atoms with Crippen LogP contribution >= 0.6 is 12.6 Å². The van der Waals surface area contributed by atoms with E-state index in [4.69, 9.17) is 5.73 Å². The van der Waals surface area contributed by atoms with Crippen LogP contribution in [0.15, 0.2) is 24.3 Å². The summed E-state index contributed by atoms with van der Waals surface area (Å²) >= 11 is 4.10. The standard InChI is InChI=1S/C17H31N3O3S.C3H8/c1-12(2)9-15(17(22)23)20-16(21)13(10-19-3)7-5-4-6-8-14(18)11-24;1-3-2/h5-8,12-15,19,24H,4,9-11,18H2,1-3H3,(H,20,21)(H,22,23);3H2,1-2H3/b7-5-,8-6+;. The second-order valence-electron chi connectivity index (χ2n) is 6.84. The highest BCUT2D eigenvalue weighted by Crippen LogP contribution is 2.07. The molecule has 0 spiro atoms. The van der Waals surface area contributed by atoms with Gasteiger partial charge in [-0.2, -0.15) is 12.6 Å². The van der Waals surface area contributed by atoms with Gasteiger partial charge < -0.3 is 21.5 Å². The molecule has 6 nitrogen and oxygen atoms in total. The topological polar surface area (TPSA) is 104 Å². The fraction of sp³-hybridized carbons (Fsp3) is 0.700. The highest BCUT2D eigenvalue weighted by Gasteiger charge is 2.24. The molecule has 0 radical (unpaired) electrons. The third kappa shape index (κ3) is 16.6. The first-order valence-corrected chi connectivity index (χ1v) is 10.2. The van der Waals surface area contributed by atoms with E-state index in [2.05, 4.69) is 37.1 Å². The van der Waals surface area contributed by atoms with E-state index < -0.39 is 17.9 Å². The largest absolute Gasteiger partial charge is 0.480 e. The number of thiol groups is 1. The summed E-state index contributed by atoms with van der Waals surface area (Å²) in [5.41, 5.74) is 5.72. The molecule has 1 amide bonds. The third-order valence-electron chi connectivity index (χ3n) is 3.32. The summed E-state index contributed by atoms with van der Waals surface area (Å²) in [4.78, 5) is 23.6. The Hall–Kier alpha value is -1.31. The van der Waals surface area contributed by atoms with Crippen LogP contribution in [0.2, 0.25) is 0 Å². The lowest BCUT2D eigenvalue weighted by molar-refractivity contribution is -0.142. The molecule has 0 aliphatic heterocycles. The maximum Gasteiger partial charge on any atom is 0.326 e. The molecule has 7 heteroatoms. The minimum atomic E-state index is -1.01. The zero-order valence-corrected chi connectivity index (χ0v) is 18.3. The van der Waals surface area contributed by atoms with E-state index in [-0.39, 0.29) is 17.9 Å². The van der Waals surface area contributed by atoms with E-state index in [1.807, 2.05) is 32.1 Å². The van der Waals surface area contributed by atoms with Crippen LogP contribution in [0, 0.1) is 11.8 Å². The lowest BCUT2D eigenvalue weighted by Crippen LogP contribution is -2.45. The number of aliphatic carboxylic acids is 1. The molecule has 0 aliphatic carbocycles. The number of hydrogen-bond donors (Lipinski definition) is 5. The Labute approximate surface area is 170 Å². The average molecular weight is 402 g/mol. The van der Waals surface area contributed by atoms with Gasteiger partial charge in [-0.25, -0.2) is 4.79 Å². The molecule has 0 bridgehead atoms. The molecule has 0 aliphatic rings. The van der Waals surface area contributed by atoms with Crippen molar-refractivity contribution in [2.45, 2.75) is 59.0 Å². The summed E-state index contributed by atoms with van der Waals surface area (Å²) in [6, 6.07) is -0.941. The van der Waals surface area contributed by atoms with Crippen molar-refractivity contribution in [1.29, 1.82) is 0 Å². The Morgan fingerprint density at radius 2 is 1.74 bits per heavy atom. The Balaban J connectivity index is 0. The predicted octanol–water partition coefficient (Wildman–Crippen LogP) is 2.61. The van der Waals surface area contributed by atoms with Gasteiger partial charge in [0, 0.05) is 18.3 Å². The van der Waals surface area contributed by atoms with Crippen LogP contribution < -0.4 is 16.4 Å². The van der Waals surface area contributed by atoms with Crippen molar-refractivity contribution in [1.82, 2.24) is 10.6 Å². The highest BCUT2D eigenvalue weighted by atomic mass is 32.1. The molecular weight excluding hydrogens is 362 g/mol. The summed E-state index contributed by atoms with van der Waals surface area (Å²) in [5, 5.41) is 14.8. The number of carboxylic acid groups (broad SMARTS) is 1. The van der Waals surface area contributed by atoms with Gasteiger partial charge in [-0.1, -0.05) is 58.4 Å². The maximum atomic E-state index is 12.3. The number of nitrogens with two attached hydrogens (primary N) is 1. The van der Waals surface area contributed by atoms with E-state index in [0.29, 0.717) is 25.1 Å². The molecule has 158 valence electrons.